The van der Waals surface area contributed by atoms with Crippen molar-refractivity contribution in [1.29, 1.82) is 0 Å². The zero-order valence-corrected chi connectivity index (χ0v) is 14.8. The number of rotatable bonds is 6. The molecule has 0 spiro atoms. The van der Waals surface area contributed by atoms with E-state index in [9.17, 15) is 13.6 Å². The van der Waals surface area contributed by atoms with Gasteiger partial charge < -0.3 is 4.74 Å². The van der Waals surface area contributed by atoms with Crippen LogP contribution in [0.1, 0.15) is 12.5 Å². The summed E-state index contributed by atoms with van der Waals surface area (Å²) in [5.74, 6) is -1.65. The maximum atomic E-state index is 13.8. The van der Waals surface area contributed by atoms with Crippen LogP contribution in [0.5, 0.6) is 0 Å². The van der Waals surface area contributed by atoms with E-state index in [0.717, 1.165) is 6.08 Å². The van der Waals surface area contributed by atoms with Gasteiger partial charge in [-0.3, -0.25) is 4.99 Å². The van der Waals surface area contributed by atoms with Crippen molar-refractivity contribution in [3.8, 4) is 0 Å². The summed E-state index contributed by atoms with van der Waals surface area (Å²) in [6, 6.07) is 3.95. The second-order valence-corrected chi connectivity index (χ2v) is 5.46. The van der Waals surface area contributed by atoms with Crippen molar-refractivity contribution in [2.45, 2.75) is 6.92 Å². The molecule has 0 heterocycles. The SMILES string of the molecule is C=C(C=Nc1cc(F)cc(/C=C/C(=O)OC)c1)/C(F)=C\C(Br)=C/C. The number of halogens is 3. The lowest BCUT2D eigenvalue weighted by Gasteiger charge is -2.00. The van der Waals surface area contributed by atoms with Crippen LogP contribution >= 0.6 is 15.9 Å². The number of carbonyl (C=O) groups excluding carboxylic acids is 1. The van der Waals surface area contributed by atoms with Gasteiger partial charge in [-0.05, 0) is 42.8 Å². The molecule has 3 nitrogen and oxygen atoms in total. The first kappa shape index (κ1) is 19.7. The van der Waals surface area contributed by atoms with Gasteiger partial charge in [0.2, 0.25) is 0 Å². The third-order valence-electron chi connectivity index (χ3n) is 2.73. The van der Waals surface area contributed by atoms with E-state index in [1.165, 1.54) is 43.7 Å². The van der Waals surface area contributed by atoms with E-state index in [1.54, 1.807) is 13.0 Å². The summed E-state index contributed by atoms with van der Waals surface area (Å²) in [4.78, 5) is 15.1. The molecule has 0 amide bonds. The van der Waals surface area contributed by atoms with Gasteiger partial charge in [0, 0.05) is 22.3 Å². The highest BCUT2D eigenvalue weighted by molar-refractivity contribution is 9.11. The molecule has 0 unspecified atom stereocenters. The Hall–Kier alpha value is -2.34. The van der Waals surface area contributed by atoms with Crippen LogP contribution in [-0.4, -0.2) is 19.3 Å². The molecule has 0 aliphatic carbocycles. The molecular weight excluding hydrogens is 380 g/mol. The number of hydrogen-bond donors (Lipinski definition) is 0. The minimum absolute atomic E-state index is 0.0460. The summed E-state index contributed by atoms with van der Waals surface area (Å²) < 4.78 is 32.4. The van der Waals surface area contributed by atoms with E-state index in [0.29, 0.717) is 10.0 Å². The van der Waals surface area contributed by atoms with Crippen LogP contribution in [0.4, 0.5) is 14.5 Å². The van der Waals surface area contributed by atoms with Gasteiger partial charge in [0.25, 0.3) is 0 Å². The van der Waals surface area contributed by atoms with E-state index in [-0.39, 0.29) is 11.3 Å². The smallest absolute Gasteiger partial charge is 0.330 e. The molecule has 24 heavy (non-hydrogen) atoms. The Morgan fingerprint density at radius 3 is 2.71 bits per heavy atom. The lowest BCUT2D eigenvalue weighted by molar-refractivity contribution is -0.134. The van der Waals surface area contributed by atoms with Crippen molar-refractivity contribution in [3.63, 3.8) is 0 Å². The molecule has 0 bridgehead atoms. The van der Waals surface area contributed by atoms with Gasteiger partial charge in [-0.1, -0.05) is 28.6 Å². The largest absolute Gasteiger partial charge is 0.466 e. The van der Waals surface area contributed by atoms with Crippen molar-refractivity contribution in [1.82, 2.24) is 0 Å². The summed E-state index contributed by atoms with van der Waals surface area (Å²) in [6.45, 7) is 5.31. The molecule has 1 rings (SSSR count). The zero-order valence-electron chi connectivity index (χ0n) is 13.2. The van der Waals surface area contributed by atoms with Gasteiger partial charge in [-0.15, -0.1) is 0 Å². The average molecular weight is 396 g/mol. The number of carbonyl (C=O) groups is 1. The third-order valence-corrected chi connectivity index (χ3v) is 3.42. The van der Waals surface area contributed by atoms with E-state index in [4.69, 9.17) is 0 Å². The molecule has 0 saturated carbocycles. The fraction of sp³-hybridized carbons (Fsp3) is 0.111. The maximum absolute atomic E-state index is 13.8. The molecule has 6 heteroatoms. The molecule has 0 fully saturated rings. The summed E-state index contributed by atoms with van der Waals surface area (Å²) in [5, 5.41) is 0. The van der Waals surface area contributed by atoms with Crippen LogP contribution in [0.2, 0.25) is 0 Å². The molecule has 0 aliphatic rings. The predicted molar refractivity (Wildman–Crippen MR) is 96.6 cm³/mol. The van der Waals surface area contributed by atoms with E-state index in [2.05, 4.69) is 32.2 Å². The van der Waals surface area contributed by atoms with Crippen molar-refractivity contribution >= 4 is 39.9 Å². The lowest BCUT2D eigenvalue weighted by Crippen LogP contribution is -1.93. The normalized spacial score (nSPS) is 12.9. The van der Waals surface area contributed by atoms with Crippen molar-refractivity contribution < 1.29 is 18.3 Å². The molecule has 0 N–H and O–H groups in total. The number of esters is 1. The second kappa shape index (κ2) is 9.72. The molecule has 0 aliphatic heterocycles. The predicted octanol–water partition coefficient (Wildman–Crippen LogP) is 5.42. The Balaban J connectivity index is 2.97. The number of aliphatic imine (C=N–C) groups is 1. The highest BCUT2D eigenvalue weighted by Gasteiger charge is 2.02. The Morgan fingerprint density at radius 2 is 2.08 bits per heavy atom. The van der Waals surface area contributed by atoms with Crippen LogP contribution in [0.25, 0.3) is 6.08 Å². The fourth-order valence-corrected chi connectivity index (χ4v) is 1.71. The second-order valence-electron chi connectivity index (χ2n) is 4.55. The van der Waals surface area contributed by atoms with E-state index >= 15 is 0 Å². The van der Waals surface area contributed by atoms with Crippen LogP contribution in [-0.2, 0) is 9.53 Å². The summed E-state index contributed by atoms with van der Waals surface area (Å²) in [5.41, 5.74) is 0.731. The van der Waals surface area contributed by atoms with Gasteiger partial charge in [0.05, 0.1) is 12.8 Å². The maximum Gasteiger partial charge on any atom is 0.330 e. The minimum Gasteiger partial charge on any atom is -0.466 e. The highest BCUT2D eigenvalue weighted by Crippen LogP contribution is 2.20. The highest BCUT2D eigenvalue weighted by atomic mass is 79.9. The number of benzene rings is 1. The average Bonchev–Trinajstić information content (AvgIpc) is 2.56. The molecular formula is C18H16BrF2NO2. The van der Waals surface area contributed by atoms with Crippen molar-refractivity contribution in [2.24, 2.45) is 4.99 Å². The Kier molecular flexibility index (Phi) is 7.98. The fourth-order valence-electron chi connectivity index (χ4n) is 1.51. The number of ether oxygens (including phenoxy) is 1. The zero-order chi connectivity index (χ0) is 18.1. The van der Waals surface area contributed by atoms with Crippen LogP contribution in [0, 0.1) is 5.82 Å². The number of hydrogen-bond acceptors (Lipinski definition) is 3. The Labute approximate surface area is 147 Å². The topological polar surface area (TPSA) is 38.7 Å². The molecule has 1 aromatic carbocycles. The third kappa shape index (κ3) is 6.83. The van der Waals surface area contributed by atoms with Gasteiger partial charge in [-0.25, -0.2) is 13.6 Å². The van der Waals surface area contributed by atoms with Gasteiger partial charge in [-0.2, -0.15) is 0 Å². The molecule has 0 atom stereocenters. The first-order chi connectivity index (χ1) is 11.3. The minimum atomic E-state index is -0.564. The van der Waals surface area contributed by atoms with Crippen LogP contribution in [0.3, 0.4) is 0 Å². The molecule has 0 saturated heterocycles. The van der Waals surface area contributed by atoms with E-state index < -0.39 is 17.6 Å². The van der Waals surface area contributed by atoms with Crippen molar-refractivity contribution in [3.05, 3.63) is 70.3 Å². The number of allylic oxidation sites excluding steroid dienone is 5. The summed E-state index contributed by atoms with van der Waals surface area (Å²) in [7, 11) is 1.24. The molecule has 126 valence electrons. The quantitative estimate of drug-likeness (QED) is 0.279. The first-order valence-corrected chi connectivity index (χ1v) is 7.64. The van der Waals surface area contributed by atoms with E-state index in [1.807, 2.05) is 0 Å². The van der Waals surface area contributed by atoms with Gasteiger partial charge >= 0.3 is 5.97 Å². The lowest BCUT2D eigenvalue weighted by atomic mass is 10.2. The van der Waals surface area contributed by atoms with Crippen LogP contribution < -0.4 is 0 Å². The monoisotopic (exact) mass is 395 g/mol. The summed E-state index contributed by atoms with van der Waals surface area (Å²) in [6.07, 6.45) is 6.69. The number of methoxy groups -OCH3 is 1. The Morgan fingerprint density at radius 1 is 1.38 bits per heavy atom. The molecule has 1 aromatic rings. The van der Waals surface area contributed by atoms with Crippen LogP contribution in [0.15, 0.2) is 63.9 Å². The standard InChI is InChI=1S/C18H16BrF2NO2/c1-4-14(19)9-17(21)12(2)11-22-16-8-13(7-15(20)10-16)5-6-18(23)24-3/h4-11H,2H2,1,3H3/b6-5+,14-4+,17-9+,22-11?. The Bertz CT molecular complexity index is 749. The molecule has 0 radical (unpaired) electrons. The first-order valence-electron chi connectivity index (χ1n) is 6.84. The number of nitrogens with zero attached hydrogens (tertiary/aromatic N) is 1. The van der Waals surface area contributed by atoms with Gasteiger partial charge in [0.1, 0.15) is 11.6 Å². The summed E-state index contributed by atoms with van der Waals surface area (Å²) >= 11 is 3.16. The van der Waals surface area contributed by atoms with Crippen molar-refractivity contribution in [2.75, 3.05) is 7.11 Å². The van der Waals surface area contributed by atoms with Gasteiger partial charge in [0.15, 0.2) is 0 Å². The molecule has 0 aromatic heterocycles.